The number of halogens is 1. The van der Waals surface area contributed by atoms with Gasteiger partial charge in [0.25, 0.3) is 5.91 Å². The minimum Gasteiger partial charge on any atom is -0.480 e. The molecule has 1 atom stereocenters. The van der Waals surface area contributed by atoms with Crippen LogP contribution in [0, 0.1) is 23.1 Å². The molecule has 0 bridgehead atoms. The summed E-state index contributed by atoms with van der Waals surface area (Å²) in [6, 6.07) is 10.1. The van der Waals surface area contributed by atoms with Crippen molar-refractivity contribution in [3.63, 3.8) is 0 Å². The Kier molecular flexibility index (Phi) is 5.61. The molecule has 150 valence electrons. The molecule has 29 heavy (non-hydrogen) atoms. The minimum absolute atomic E-state index is 0.119. The lowest BCUT2D eigenvalue weighted by atomic mass is 9.86. The van der Waals surface area contributed by atoms with E-state index in [0.29, 0.717) is 23.8 Å². The molecular weight excluding hydrogens is 371 g/mol. The van der Waals surface area contributed by atoms with Crippen molar-refractivity contribution >= 4 is 11.6 Å². The highest BCUT2D eigenvalue weighted by atomic mass is 19.1. The number of benzene rings is 1. The van der Waals surface area contributed by atoms with Gasteiger partial charge in [-0.15, -0.1) is 0 Å². The van der Waals surface area contributed by atoms with E-state index in [0.717, 1.165) is 43.5 Å². The van der Waals surface area contributed by atoms with Gasteiger partial charge >= 0.3 is 0 Å². The lowest BCUT2D eigenvalue weighted by Gasteiger charge is -2.30. The van der Waals surface area contributed by atoms with Crippen molar-refractivity contribution in [2.75, 3.05) is 11.9 Å². The number of carbonyl (C=O) groups is 1. The Morgan fingerprint density at radius 2 is 2.07 bits per heavy atom. The number of hydrogen-bond donors (Lipinski definition) is 2. The maximum Gasteiger partial charge on any atom is 0.261 e. The van der Waals surface area contributed by atoms with Gasteiger partial charge in [0.2, 0.25) is 0 Å². The number of hydrogen-bond acceptors (Lipinski definition) is 5. The van der Waals surface area contributed by atoms with Crippen LogP contribution in [0.1, 0.15) is 36.9 Å². The zero-order valence-corrected chi connectivity index (χ0v) is 16.0. The topological polar surface area (TPSA) is 87.0 Å². The molecular formula is C22H23FN4O2. The Labute approximate surface area is 169 Å². The molecule has 2 N–H and O–H groups in total. The van der Waals surface area contributed by atoms with Crippen LogP contribution in [0.3, 0.4) is 0 Å². The number of rotatable bonds is 5. The first-order valence-electron chi connectivity index (χ1n) is 9.96. The minimum atomic E-state index is -0.574. The van der Waals surface area contributed by atoms with Crippen molar-refractivity contribution in [1.29, 1.82) is 5.26 Å². The van der Waals surface area contributed by atoms with Gasteiger partial charge in [0.1, 0.15) is 23.3 Å². The van der Waals surface area contributed by atoms with E-state index in [1.165, 1.54) is 12.1 Å². The van der Waals surface area contributed by atoms with Gasteiger partial charge in [-0.25, -0.2) is 9.37 Å². The Morgan fingerprint density at radius 1 is 1.24 bits per heavy atom. The van der Waals surface area contributed by atoms with Crippen LogP contribution in [0.15, 0.2) is 36.5 Å². The molecule has 0 spiro atoms. The molecule has 1 unspecified atom stereocenters. The molecule has 2 heterocycles. The van der Waals surface area contributed by atoms with Crippen molar-refractivity contribution < 1.29 is 13.9 Å². The van der Waals surface area contributed by atoms with Gasteiger partial charge in [0, 0.05) is 24.6 Å². The van der Waals surface area contributed by atoms with Crippen LogP contribution in [0.4, 0.5) is 10.1 Å². The van der Waals surface area contributed by atoms with Crippen molar-refractivity contribution in [2.24, 2.45) is 5.92 Å². The average Bonchev–Trinajstić information content (AvgIpc) is 3.17. The number of pyridine rings is 1. The maximum absolute atomic E-state index is 13.3. The van der Waals surface area contributed by atoms with Crippen LogP contribution >= 0.6 is 0 Å². The second-order valence-corrected chi connectivity index (χ2v) is 7.71. The second-order valence-electron chi connectivity index (χ2n) is 7.71. The van der Waals surface area contributed by atoms with Crippen LogP contribution in [0.2, 0.25) is 0 Å². The SMILES string of the molecule is N#Cc1ccc(NCC2CCC(NC(=O)C3Cc4cc(F)ccc4O3)CC2)cn1. The summed E-state index contributed by atoms with van der Waals surface area (Å²) >= 11 is 0. The van der Waals surface area contributed by atoms with Gasteiger partial charge < -0.3 is 15.4 Å². The van der Waals surface area contributed by atoms with Gasteiger partial charge in [-0.1, -0.05) is 0 Å². The number of nitrogens with zero attached hydrogens (tertiary/aromatic N) is 2. The monoisotopic (exact) mass is 394 g/mol. The molecule has 4 rings (SSSR count). The van der Waals surface area contributed by atoms with Crippen LogP contribution in [0.25, 0.3) is 0 Å². The lowest BCUT2D eigenvalue weighted by Crippen LogP contribution is -2.45. The first-order chi connectivity index (χ1) is 14.1. The van der Waals surface area contributed by atoms with Crippen LogP contribution in [-0.2, 0) is 11.2 Å². The third-order valence-electron chi connectivity index (χ3n) is 5.66. The fourth-order valence-corrected chi connectivity index (χ4v) is 4.00. The van der Waals surface area contributed by atoms with E-state index < -0.39 is 6.10 Å². The summed E-state index contributed by atoms with van der Waals surface area (Å²) in [5.74, 6) is 0.705. The standard InChI is InChI=1S/C22H23FN4O2/c23-16-3-8-20-15(9-16)10-21(29-20)22(28)27-17-4-1-14(2-5-17)12-25-19-7-6-18(11-24)26-13-19/h3,6-9,13-14,17,21,25H,1-2,4-5,10,12H2,(H,27,28). The number of fused-ring (bicyclic) bond motifs is 1. The van der Waals surface area contributed by atoms with Gasteiger partial charge in [0.15, 0.2) is 6.10 Å². The first-order valence-corrected chi connectivity index (χ1v) is 9.96. The number of anilines is 1. The Hall–Kier alpha value is -3.14. The molecule has 0 radical (unpaired) electrons. The van der Waals surface area contributed by atoms with E-state index in [2.05, 4.69) is 15.6 Å². The predicted octanol–water partition coefficient (Wildman–Crippen LogP) is 3.18. The number of carbonyl (C=O) groups excluding carboxylic acids is 1. The Balaban J connectivity index is 1.20. The second kappa shape index (κ2) is 8.48. The summed E-state index contributed by atoms with van der Waals surface area (Å²) in [4.78, 5) is 16.6. The fraction of sp³-hybridized carbons (Fsp3) is 0.409. The number of nitrogens with one attached hydrogen (secondary N) is 2. The number of nitriles is 1. The van der Waals surface area contributed by atoms with Gasteiger partial charge in [-0.3, -0.25) is 4.79 Å². The molecule has 1 aliphatic heterocycles. The largest absolute Gasteiger partial charge is 0.480 e. The number of ether oxygens (including phenoxy) is 1. The van der Waals surface area contributed by atoms with Crippen LogP contribution in [-0.4, -0.2) is 29.6 Å². The molecule has 1 amide bonds. The molecule has 0 saturated heterocycles. The van der Waals surface area contributed by atoms with Crippen molar-refractivity contribution in [3.8, 4) is 11.8 Å². The van der Waals surface area contributed by atoms with E-state index in [1.807, 2.05) is 12.1 Å². The molecule has 2 aromatic rings. The average molecular weight is 394 g/mol. The van der Waals surface area contributed by atoms with E-state index in [-0.39, 0.29) is 17.8 Å². The van der Waals surface area contributed by atoms with E-state index in [4.69, 9.17) is 10.00 Å². The molecule has 7 heteroatoms. The zero-order chi connectivity index (χ0) is 20.2. The summed E-state index contributed by atoms with van der Waals surface area (Å²) in [6.07, 6.45) is 5.43. The highest BCUT2D eigenvalue weighted by Crippen LogP contribution is 2.30. The van der Waals surface area contributed by atoms with E-state index in [1.54, 1.807) is 18.3 Å². The molecule has 2 aliphatic rings. The smallest absolute Gasteiger partial charge is 0.261 e. The highest BCUT2D eigenvalue weighted by Gasteiger charge is 2.31. The predicted molar refractivity (Wildman–Crippen MR) is 106 cm³/mol. The molecule has 1 aliphatic carbocycles. The highest BCUT2D eigenvalue weighted by molar-refractivity contribution is 5.82. The zero-order valence-electron chi connectivity index (χ0n) is 16.0. The summed E-state index contributed by atoms with van der Waals surface area (Å²) < 4.78 is 19.0. The summed E-state index contributed by atoms with van der Waals surface area (Å²) in [6.45, 7) is 0.848. The van der Waals surface area contributed by atoms with Crippen molar-refractivity contribution in [2.45, 2.75) is 44.2 Å². The number of aromatic nitrogens is 1. The van der Waals surface area contributed by atoms with E-state index >= 15 is 0 Å². The van der Waals surface area contributed by atoms with Crippen LogP contribution < -0.4 is 15.4 Å². The van der Waals surface area contributed by atoms with E-state index in [9.17, 15) is 9.18 Å². The van der Waals surface area contributed by atoms with Gasteiger partial charge in [0.05, 0.1) is 11.9 Å². The summed E-state index contributed by atoms with van der Waals surface area (Å²) in [7, 11) is 0. The Morgan fingerprint density at radius 3 is 2.79 bits per heavy atom. The first kappa shape index (κ1) is 19.2. The summed E-state index contributed by atoms with van der Waals surface area (Å²) in [5.41, 5.74) is 2.07. The molecule has 1 aromatic carbocycles. The van der Waals surface area contributed by atoms with Crippen LogP contribution in [0.5, 0.6) is 5.75 Å². The molecule has 6 nitrogen and oxygen atoms in total. The summed E-state index contributed by atoms with van der Waals surface area (Å²) in [5, 5.41) is 15.3. The lowest BCUT2D eigenvalue weighted by molar-refractivity contribution is -0.128. The normalized spacial score (nSPS) is 22.8. The number of amides is 1. The third kappa shape index (κ3) is 4.65. The van der Waals surface area contributed by atoms with Gasteiger partial charge in [-0.2, -0.15) is 5.26 Å². The Bertz CT molecular complexity index is 917. The fourth-order valence-electron chi connectivity index (χ4n) is 4.00. The quantitative estimate of drug-likeness (QED) is 0.813. The van der Waals surface area contributed by atoms with Crippen molar-refractivity contribution in [1.82, 2.24) is 10.3 Å². The third-order valence-corrected chi connectivity index (χ3v) is 5.66. The molecule has 1 aromatic heterocycles. The van der Waals surface area contributed by atoms with Gasteiger partial charge in [-0.05, 0) is 61.9 Å². The van der Waals surface area contributed by atoms with Crippen molar-refractivity contribution in [3.05, 3.63) is 53.6 Å². The molecule has 1 fully saturated rings. The maximum atomic E-state index is 13.3. The molecule has 1 saturated carbocycles.